The lowest BCUT2D eigenvalue weighted by Crippen LogP contribution is -2.29. The number of rotatable bonds is 7. The highest BCUT2D eigenvalue weighted by Crippen LogP contribution is 2.58. The third-order valence-electron chi connectivity index (χ3n) is 13.5. The van der Waals surface area contributed by atoms with E-state index in [1.807, 2.05) is 0 Å². The van der Waals surface area contributed by atoms with E-state index in [0.29, 0.717) is 0 Å². The van der Waals surface area contributed by atoms with Gasteiger partial charge in [-0.1, -0.05) is 190 Å². The van der Waals surface area contributed by atoms with E-state index in [1.54, 1.807) is 0 Å². The Balaban J connectivity index is 1.13. The Morgan fingerprint density at radius 1 is 0.393 bits per heavy atom. The summed E-state index contributed by atoms with van der Waals surface area (Å²) >= 11 is 5.23. The highest BCUT2D eigenvalue weighted by Gasteiger charge is 2.47. The van der Waals surface area contributed by atoms with Gasteiger partial charge in [0.2, 0.25) is 0 Å². The first kappa shape index (κ1) is 37.2. The molecule has 1 nitrogen and oxygen atoms in total. The van der Waals surface area contributed by atoms with Crippen LogP contribution in [0.25, 0.3) is 44.5 Å². The standard InChI is InChI=1S/C59H45NS/c1-39-45(25-16-29-50(39)59(42-20-8-5-9-21-42)52-27-14-10-22-46(52)47-23-11-15-28-53(47)59)49-38-44(36-37-56(49)61)60(43-34-32-41(33-35-43)40-18-6-4-7-19-40)55-31-17-30-54-57(55)48-24-12-13-26-51(48)58(54,2)3/h4-38,61H,1-3H3. The predicted octanol–water partition coefficient (Wildman–Crippen LogP) is 15.8. The zero-order valence-corrected chi connectivity index (χ0v) is 35.5. The SMILES string of the molecule is Cc1c(-c2cc(N(c3ccc(-c4ccccc4)cc3)c3cccc4c3-c3ccccc3C4(C)C)ccc2S)cccc1C1(c2ccccc2)c2ccccc2-c2ccccc21. The lowest BCUT2D eigenvalue weighted by atomic mass is 9.66. The van der Waals surface area contributed by atoms with E-state index in [1.165, 1.54) is 77.9 Å². The molecule has 0 aromatic heterocycles. The second kappa shape index (κ2) is 14.4. The summed E-state index contributed by atoms with van der Waals surface area (Å²) in [5.41, 5.74) is 21.6. The van der Waals surface area contributed by atoms with Crippen LogP contribution in [0.5, 0.6) is 0 Å². The number of benzene rings is 9. The summed E-state index contributed by atoms with van der Waals surface area (Å²) < 4.78 is 0. The normalized spacial score (nSPS) is 13.8. The minimum Gasteiger partial charge on any atom is -0.310 e. The zero-order chi connectivity index (χ0) is 41.3. The average molecular weight is 800 g/mol. The fourth-order valence-corrected chi connectivity index (χ4v) is 10.9. The number of hydrogen-bond donors (Lipinski definition) is 1. The van der Waals surface area contributed by atoms with E-state index in [-0.39, 0.29) is 5.41 Å². The summed E-state index contributed by atoms with van der Waals surface area (Å²) in [6.45, 7) is 7.02. The summed E-state index contributed by atoms with van der Waals surface area (Å²) in [5, 5.41) is 0. The number of thiol groups is 1. The van der Waals surface area contributed by atoms with E-state index >= 15 is 0 Å². The molecule has 0 atom stereocenters. The van der Waals surface area contributed by atoms with Crippen molar-refractivity contribution in [3.8, 4) is 44.5 Å². The van der Waals surface area contributed by atoms with Crippen molar-refractivity contribution in [3.63, 3.8) is 0 Å². The molecule has 61 heavy (non-hydrogen) atoms. The molecular weight excluding hydrogens is 755 g/mol. The molecule has 0 radical (unpaired) electrons. The maximum Gasteiger partial charge on any atom is 0.0716 e. The largest absolute Gasteiger partial charge is 0.310 e. The van der Waals surface area contributed by atoms with E-state index in [4.69, 9.17) is 12.6 Å². The van der Waals surface area contributed by atoms with Gasteiger partial charge in [-0.15, -0.1) is 12.6 Å². The number of nitrogens with zero attached hydrogens (tertiary/aromatic N) is 1. The van der Waals surface area contributed by atoms with Gasteiger partial charge in [0.05, 0.1) is 11.1 Å². The molecule has 0 fully saturated rings. The monoisotopic (exact) mass is 799 g/mol. The second-order valence-corrected chi connectivity index (χ2v) is 17.5. The van der Waals surface area contributed by atoms with Gasteiger partial charge in [0.15, 0.2) is 0 Å². The van der Waals surface area contributed by atoms with Gasteiger partial charge in [0.1, 0.15) is 0 Å². The Bertz CT molecular complexity index is 3080. The zero-order valence-electron chi connectivity index (χ0n) is 34.6. The summed E-state index contributed by atoms with van der Waals surface area (Å²) in [4.78, 5) is 3.39. The van der Waals surface area contributed by atoms with Gasteiger partial charge in [-0.25, -0.2) is 0 Å². The molecule has 0 bridgehead atoms. The lowest BCUT2D eigenvalue weighted by molar-refractivity contribution is 0.660. The fraction of sp³-hybridized carbons (Fsp3) is 0.0847. The molecule has 2 aliphatic carbocycles. The Morgan fingerprint density at radius 2 is 0.902 bits per heavy atom. The van der Waals surface area contributed by atoms with Crippen molar-refractivity contribution in [3.05, 3.63) is 251 Å². The first-order valence-corrected chi connectivity index (χ1v) is 21.7. The summed E-state index contributed by atoms with van der Waals surface area (Å²) in [6.07, 6.45) is 0. The molecule has 9 aromatic rings. The molecule has 11 rings (SSSR count). The molecule has 0 saturated heterocycles. The third-order valence-corrected chi connectivity index (χ3v) is 13.9. The fourth-order valence-electron chi connectivity index (χ4n) is 10.7. The molecule has 0 N–H and O–H groups in total. The molecule has 2 heteroatoms. The van der Waals surface area contributed by atoms with Gasteiger partial charge in [-0.3, -0.25) is 0 Å². The molecule has 0 unspecified atom stereocenters. The van der Waals surface area contributed by atoms with Crippen LogP contribution in [0.4, 0.5) is 17.1 Å². The van der Waals surface area contributed by atoms with Gasteiger partial charge < -0.3 is 4.90 Å². The van der Waals surface area contributed by atoms with Crippen molar-refractivity contribution in [2.24, 2.45) is 0 Å². The van der Waals surface area contributed by atoms with Crippen molar-refractivity contribution in [1.29, 1.82) is 0 Å². The van der Waals surface area contributed by atoms with Gasteiger partial charge in [-0.2, -0.15) is 0 Å². The number of anilines is 3. The van der Waals surface area contributed by atoms with Crippen molar-refractivity contribution < 1.29 is 0 Å². The summed E-state index contributed by atoms with van der Waals surface area (Å²) in [5.74, 6) is 0. The van der Waals surface area contributed by atoms with Crippen molar-refractivity contribution in [1.82, 2.24) is 0 Å². The van der Waals surface area contributed by atoms with E-state index in [9.17, 15) is 0 Å². The quantitative estimate of drug-likeness (QED) is 0.157. The first-order chi connectivity index (χ1) is 29.9. The van der Waals surface area contributed by atoms with Crippen LogP contribution in [0.2, 0.25) is 0 Å². The molecule has 0 saturated carbocycles. The molecule has 0 amide bonds. The van der Waals surface area contributed by atoms with Crippen LogP contribution in [0, 0.1) is 6.92 Å². The summed E-state index contributed by atoms with van der Waals surface area (Å²) in [6, 6.07) is 78.1. The predicted molar refractivity (Wildman–Crippen MR) is 259 cm³/mol. The van der Waals surface area contributed by atoms with Crippen LogP contribution < -0.4 is 4.90 Å². The summed E-state index contributed by atoms with van der Waals surface area (Å²) in [7, 11) is 0. The minimum atomic E-state index is -0.500. The highest BCUT2D eigenvalue weighted by molar-refractivity contribution is 7.80. The van der Waals surface area contributed by atoms with Crippen LogP contribution >= 0.6 is 12.6 Å². The van der Waals surface area contributed by atoms with Crippen LogP contribution in [0.1, 0.15) is 52.8 Å². The number of hydrogen-bond acceptors (Lipinski definition) is 2. The molecule has 9 aromatic carbocycles. The molecule has 2 aliphatic rings. The van der Waals surface area contributed by atoms with Crippen LogP contribution in [0.3, 0.4) is 0 Å². The first-order valence-electron chi connectivity index (χ1n) is 21.2. The number of fused-ring (bicyclic) bond motifs is 6. The molecule has 0 spiro atoms. The minimum absolute atomic E-state index is 0.130. The van der Waals surface area contributed by atoms with Crippen LogP contribution in [0.15, 0.2) is 217 Å². The Kier molecular flexibility index (Phi) is 8.77. The Labute approximate surface area is 365 Å². The van der Waals surface area contributed by atoms with Crippen molar-refractivity contribution >= 4 is 29.7 Å². The lowest BCUT2D eigenvalue weighted by Gasteiger charge is -2.36. The topological polar surface area (TPSA) is 3.24 Å². The Morgan fingerprint density at radius 3 is 1.59 bits per heavy atom. The van der Waals surface area contributed by atoms with Gasteiger partial charge in [0.25, 0.3) is 0 Å². The van der Waals surface area contributed by atoms with Crippen molar-refractivity contribution in [2.75, 3.05) is 4.90 Å². The van der Waals surface area contributed by atoms with Gasteiger partial charge in [0, 0.05) is 27.2 Å². The van der Waals surface area contributed by atoms with E-state index < -0.39 is 5.41 Å². The second-order valence-electron chi connectivity index (χ2n) is 17.0. The van der Waals surface area contributed by atoms with Crippen LogP contribution in [-0.4, -0.2) is 0 Å². The van der Waals surface area contributed by atoms with Gasteiger partial charge in [-0.05, 0) is 121 Å². The van der Waals surface area contributed by atoms with Gasteiger partial charge >= 0.3 is 0 Å². The third kappa shape index (κ3) is 5.63. The van der Waals surface area contributed by atoms with E-state index in [0.717, 1.165) is 27.5 Å². The highest BCUT2D eigenvalue weighted by atomic mass is 32.1. The van der Waals surface area contributed by atoms with Crippen molar-refractivity contribution in [2.45, 2.75) is 36.5 Å². The smallest absolute Gasteiger partial charge is 0.0716 e. The molecular formula is C59H45NS. The van der Waals surface area contributed by atoms with Crippen LogP contribution in [-0.2, 0) is 10.8 Å². The van der Waals surface area contributed by atoms with E-state index in [2.05, 4.69) is 238 Å². The Hall–Kier alpha value is -6.87. The molecule has 0 heterocycles. The maximum absolute atomic E-state index is 5.23. The maximum atomic E-state index is 5.23. The average Bonchev–Trinajstić information content (AvgIpc) is 3.74. The molecule has 0 aliphatic heterocycles. The molecule has 292 valence electrons.